The summed E-state index contributed by atoms with van der Waals surface area (Å²) in [5.41, 5.74) is 7.18. The minimum atomic E-state index is 0.856. The largest absolute Gasteiger partial charge is 0.357 e. The summed E-state index contributed by atoms with van der Waals surface area (Å²) in [6, 6.07) is 2.50. The van der Waals surface area contributed by atoms with Crippen LogP contribution in [0.5, 0.6) is 0 Å². The molecule has 0 atom stereocenters. The molecule has 1 fully saturated rings. The third-order valence-corrected chi connectivity index (χ3v) is 5.88. The molecular weight excluding hydrogens is 284 g/mol. The van der Waals surface area contributed by atoms with Gasteiger partial charge in [0.15, 0.2) is 5.65 Å². The predicted molar refractivity (Wildman–Crippen MR) is 90.0 cm³/mol. The Hall–Kier alpha value is -2.02. The molecule has 118 valence electrons. The maximum Gasteiger partial charge on any atom is 0.157 e. The van der Waals surface area contributed by atoms with Crippen molar-refractivity contribution in [2.75, 3.05) is 18.0 Å². The first-order valence-electron chi connectivity index (χ1n) is 9.11. The van der Waals surface area contributed by atoms with Gasteiger partial charge in [0.05, 0.1) is 11.3 Å². The minimum absolute atomic E-state index is 0.856. The van der Waals surface area contributed by atoms with Gasteiger partial charge in [-0.2, -0.15) is 5.26 Å². The summed E-state index contributed by atoms with van der Waals surface area (Å²) in [6.07, 6.45) is 10.6. The van der Waals surface area contributed by atoms with E-state index in [1.807, 2.05) is 0 Å². The number of nitrogens with zero attached hydrogens (tertiary/aromatic N) is 4. The number of aryl methyl sites for hydroxylation is 2. The second kappa shape index (κ2) is 4.99. The molecule has 2 aromatic heterocycles. The van der Waals surface area contributed by atoms with Gasteiger partial charge in [0, 0.05) is 18.8 Å². The van der Waals surface area contributed by atoms with Crippen molar-refractivity contribution in [3.8, 4) is 6.07 Å². The number of aromatic nitrogens is 2. The molecule has 0 amide bonds. The van der Waals surface area contributed by atoms with E-state index in [2.05, 4.69) is 15.4 Å². The van der Waals surface area contributed by atoms with Gasteiger partial charge >= 0.3 is 0 Å². The van der Waals surface area contributed by atoms with E-state index in [-0.39, 0.29) is 0 Å². The third-order valence-electron chi connectivity index (χ3n) is 5.88. The summed E-state index contributed by atoms with van der Waals surface area (Å²) in [7, 11) is 0. The van der Waals surface area contributed by atoms with Crippen LogP contribution < -0.4 is 4.90 Å². The highest BCUT2D eigenvalue weighted by Gasteiger charge is 2.31. The van der Waals surface area contributed by atoms with Crippen LogP contribution in [0.3, 0.4) is 0 Å². The van der Waals surface area contributed by atoms with E-state index in [1.165, 1.54) is 60.4 Å². The van der Waals surface area contributed by atoms with Gasteiger partial charge in [0.25, 0.3) is 0 Å². The van der Waals surface area contributed by atoms with E-state index in [1.54, 1.807) is 0 Å². The van der Waals surface area contributed by atoms with Crippen molar-refractivity contribution >= 4 is 11.5 Å². The summed E-state index contributed by atoms with van der Waals surface area (Å²) in [6.45, 7) is 2.31. The highest BCUT2D eigenvalue weighted by molar-refractivity contribution is 5.72. The lowest BCUT2D eigenvalue weighted by Gasteiger charge is -2.25. The lowest BCUT2D eigenvalue weighted by atomic mass is 10.0. The lowest BCUT2D eigenvalue weighted by molar-refractivity contribution is 0.658. The molecule has 0 saturated carbocycles. The van der Waals surface area contributed by atoms with Crippen LogP contribution in [-0.4, -0.2) is 22.5 Å². The van der Waals surface area contributed by atoms with Gasteiger partial charge in [-0.3, -0.25) is 4.40 Å². The molecule has 1 saturated heterocycles. The van der Waals surface area contributed by atoms with Crippen LogP contribution in [0.25, 0.3) is 5.65 Å². The fourth-order valence-corrected chi connectivity index (χ4v) is 4.85. The molecular formula is C19H22N4. The zero-order chi connectivity index (χ0) is 15.4. The Morgan fingerprint density at radius 1 is 0.870 bits per heavy atom. The standard InChI is InChI=1S/C19H22N4/c20-12-15-13-6-5-7-14(13)19(22-10-3-4-11-22)23-17-9-2-1-8-16(17)21-18(15)23/h1-11H2. The van der Waals surface area contributed by atoms with E-state index < -0.39 is 0 Å². The molecule has 23 heavy (non-hydrogen) atoms. The molecule has 0 radical (unpaired) electrons. The maximum absolute atomic E-state index is 9.80. The normalized spacial score (nSPS) is 19.9. The molecule has 0 N–H and O–H groups in total. The number of pyridine rings is 1. The first-order valence-corrected chi connectivity index (χ1v) is 9.11. The Kier molecular flexibility index (Phi) is 2.91. The summed E-state index contributed by atoms with van der Waals surface area (Å²) < 4.78 is 2.39. The Morgan fingerprint density at radius 2 is 1.65 bits per heavy atom. The van der Waals surface area contributed by atoms with E-state index >= 15 is 0 Å². The van der Waals surface area contributed by atoms with Crippen molar-refractivity contribution < 1.29 is 0 Å². The lowest BCUT2D eigenvalue weighted by Crippen LogP contribution is -2.24. The number of imidazole rings is 1. The van der Waals surface area contributed by atoms with Gasteiger partial charge in [0.2, 0.25) is 0 Å². The molecule has 4 heteroatoms. The van der Waals surface area contributed by atoms with Crippen LogP contribution in [0.15, 0.2) is 0 Å². The zero-order valence-corrected chi connectivity index (χ0v) is 13.6. The van der Waals surface area contributed by atoms with Crippen LogP contribution in [0.4, 0.5) is 5.82 Å². The van der Waals surface area contributed by atoms with Gasteiger partial charge in [-0.25, -0.2) is 4.98 Å². The fraction of sp³-hybridized carbons (Fsp3) is 0.579. The second-order valence-electron chi connectivity index (χ2n) is 7.19. The van der Waals surface area contributed by atoms with Crippen molar-refractivity contribution in [3.63, 3.8) is 0 Å². The summed E-state index contributed by atoms with van der Waals surface area (Å²) in [5.74, 6) is 1.39. The number of rotatable bonds is 1. The molecule has 3 heterocycles. The molecule has 5 rings (SSSR count). The average molecular weight is 306 g/mol. The van der Waals surface area contributed by atoms with Gasteiger partial charge in [-0.05, 0) is 68.9 Å². The minimum Gasteiger partial charge on any atom is -0.357 e. The van der Waals surface area contributed by atoms with E-state index in [9.17, 15) is 5.26 Å². The second-order valence-corrected chi connectivity index (χ2v) is 7.19. The van der Waals surface area contributed by atoms with Gasteiger partial charge in [0.1, 0.15) is 11.9 Å². The Morgan fingerprint density at radius 3 is 2.48 bits per heavy atom. The smallest absolute Gasteiger partial charge is 0.157 e. The van der Waals surface area contributed by atoms with Crippen LogP contribution in [0, 0.1) is 11.3 Å². The fourth-order valence-electron chi connectivity index (χ4n) is 4.85. The molecule has 0 bridgehead atoms. The number of hydrogen-bond acceptors (Lipinski definition) is 3. The number of nitriles is 1. The van der Waals surface area contributed by atoms with Crippen LogP contribution in [0.2, 0.25) is 0 Å². The van der Waals surface area contributed by atoms with Crippen LogP contribution >= 0.6 is 0 Å². The SMILES string of the molecule is N#Cc1c2c(c(N3CCCC3)n3c4c(nc13)CCCC4)CCC2. The molecule has 0 aromatic carbocycles. The molecule has 4 nitrogen and oxygen atoms in total. The summed E-state index contributed by atoms with van der Waals surface area (Å²) in [4.78, 5) is 7.51. The predicted octanol–water partition coefficient (Wildman–Crippen LogP) is 3.17. The molecule has 0 spiro atoms. The zero-order valence-electron chi connectivity index (χ0n) is 13.6. The Bertz CT molecular complexity index is 834. The number of anilines is 1. The van der Waals surface area contributed by atoms with Gasteiger partial charge in [-0.1, -0.05) is 0 Å². The first-order chi connectivity index (χ1) is 11.4. The molecule has 0 unspecified atom stereocenters. The molecule has 3 aliphatic rings. The average Bonchev–Trinajstić information content (AvgIpc) is 3.31. The van der Waals surface area contributed by atoms with Crippen LogP contribution in [-0.2, 0) is 25.7 Å². The topological polar surface area (TPSA) is 44.3 Å². The Balaban J connectivity index is 1.90. The van der Waals surface area contributed by atoms with Crippen molar-refractivity contribution in [1.82, 2.24) is 9.38 Å². The molecule has 2 aliphatic carbocycles. The first kappa shape index (κ1) is 13.4. The van der Waals surface area contributed by atoms with E-state index in [0.29, 0.717) is 0 Å². The maximum atomic E-state index is 9.80. The van der Waals surface area contributed by atoms with Crippen molar-refractivity contribution in [1.29, 1.82) is 5.26 Å². The number of hydrogen-bond donors (Lipinski definition) is 0. The highest BCUT2D eigenvalue weighted by atomic mass is 15.3. The van der Waals surface area contributed by atoms with Gasteiger partial charge in [-0.15, -0.1) is 0 Å². The molecule has 1 aliphatic heterocycles. The van der Waals surface area contributed by atoms with E-state index in [4.69, 9.17) is 4.98 Å². The van der Waals surface area contributed by atoms with Crippen molar-refractivity contribution in [3.05, 3.63) is 28.1 Å². The number of fused-ring (bicyclic) bond motifs is 4. The quantitative estimate of drug-likeness (QED) is 0.813. The van der Waals surface area contributed by atoms with Gasteiger partial charge < -0.3 is 4.90 Å². The molecule has 2 aromatic rings. The Labute approximate surface area is 136 Å². The third kappa shape index (κ3) is 1.80. The highest BCUT2D eigenvalue weighted by Crippen LogP contribution is 2.39. The monoisotopic (exact) mass is 306 g/mol. The van der Waals surface area contributed by atoms with Crippen molar-refractivity contribution in [2.45, 2.75) is 57.8 Å². The van der Waals surface area contributed by atoms with E-state index in [0.717, 1.165) is 50.0 Å². The van der Waals surface area contributed by atoms with Crippen LogP contribution in [0.1, 0.15) is 60.2 Å². The summed E-state index contributed by atoms with van der Waals surface area (Å²) in [5, 5.41) is 9.80. The summed E-state index contributed by atoms with van der Waals surface area (Å²) >= 11 is 0. The van der Waals surface area contributed by atoms with Crippen molar-refractivity contribution in [2.24, 2.45) is 0 Å².